The van der Waals surface area contributed by atoms with Crippen LogP contribution in [0.2, 0.25) is 0 Å². The molecule has 0 aliphatic heterocycles. The van der Waals surface area contributed by atoms with Crippen molar-refractivity contribution in [1.82, 2.24) is 9.78 Å². The summed E-state index contributed by atoms with van der Waals surface area (Å²) in [5.41, 5.74) is 6.42. The molecule has 2 N–H and O–H groups in total. The Hall–Kier alpha value is -2.70. The van der Waals surface area contributed by atoms with Crippen LogP contribution in [0.3, 0.4) is 0 Å². The zero-order valence-corrected chi connectivity index (χ0v) is 14.3. The molecule has 126 valence electrons. The van der Waals surface area contributed by atoms with Crippen LogP contribution >= 0.6 is 0 Å². The first kappa shape index (κ1) is 15.8. The summed E-state index contributed by atoms with van der Waals surface area (Å²) in [5, 5.41) is 6.65. The van der Waals surface area contributed by atoms with E-state index in [1.54, 1.807) is 22.9 Å². The molecule has 0 aliphatic carbocycles. The summed E-state index contributed by atoms with van der Waals surface area (Å²) in [4.78, 5) is 0.272. The molecule has 1 heterocycles. The molecule has 4 rings (SSSR count). The molecular formula is C19H17N3O2S. The lowest BCUT2D eigenvalue weighted by Crippen LogP contribution is -2.12. The largest absolute Gasteiger partial charge is 0.329 e. The van der Waals surface area contributed by atoms with Crippen LogP contribution in [0.4, 0.5) is 0 Å². The first-order chi connectivity index (χ1) is 12.1. The fourth-order valence-corrected chi connectivity index (χ4v) is 4.73. The van der Waals surface area contributed by atoms with Gasteiger partial charge in [0.25, 0.3) is 0 Å². The van der Waals surface area contributed by atoms with Crippen LogP contribution in [0.25, 0.3) is 21.7 Å². The van der Waals surface area contributed by atoms with Gasteiger partial charge >= 0.3 is 0 Å². The Balaban J connectivity index is 2.02. The van der Waals surface area contributed by atoms with E-state index < -0.39 is 9.84 Å². The Morgan fingerprint density at radius 3 is 2.36 bits per heavy atom. The van der Waals surface area contributed by atoms with Gasteiger partial charge in [-0.2, -0.15) is 5.10 Å². The van der Waals surface area contributed by atoms with Gasteiger partial charge in [0.05, 0.1) is 17.0 Å². The van der Waals surface area contributed by atoms with E-state index in [9.17, 15) is 8.42 Å². The van der Waals surface area contributed by atoms with Crippen LogP contribution in [-0.4, -0.2) is 24.7 Å². The van der Waals surface area contributed by atoms with Crippen molar-refractivity contribution >= 4 is 31.5 Å². The summed E-state index contributed by atoms with van der Waals surface area (Å²) in [5.74, 6) is 0. The fourth-order valence-electron chi connectivity index (χ4n) is 3.12. The summed E-state index contributed by atoms with van der Waals surface area (Å²) >= 11 is 0. The predicted octanol–water partition coefficient (Wildman–Crippen LogP) is 2.98. The summed E-state index contributed by atoms with van der Waals surface area (Å²) in [6.07, 6.45) is 0. The van der Waals surface area contributed by atoms with E-state index in [0.717, 1.165) is 10.9 Å². The highest BCUT2D eigenvalue weighted by molar-refractivity contribution is 7.91. The van der Waals surface area contributed by atoms with Crippen LogP contribution in [0.1, 0.15) is 0 Å². The number of hydrogen-bond donors (Lipinski definition) is 1. The number of para-hydroxylation sites is 1. The normalized spacial score (nSPS) is 12.0. The van der Waals surface area contributed by atoms with Crippen molar-refractivity contribution in [3.05, 3.63) is 66.7 Å². The van der Waals surface area contributed by atoms with Crippen molar-refractivity contribution in [3.8, 4) is 0 Å². The highest BCUT2D eigenvalue weighted by Crippen LogP contribution is 2.31. The van der Waals surface area contributed by atoms with Gasteiger partial charge in [0.2, 0.25) is 9.84 Å². The van der Waals surface area contributed by atoms with Crippen LogP contribution in [0.15, 0.2) is 76.7 Å². The van der Waals surface area contributed by atoms with E-state index in [4.69, 9.17) is 5.73 Å². The fraction of sp³-hybridized carbons (Fsp3) is 0.105. The lowest BCUT2D eigenvalue weighted by atomic mass is 10.1. The number of nitrogens with zero attached hydrogens (tertiary/aromatic N) is 2. The van der Waals surface area contributed by atoms with Gasteiger partial charge in [-0.3, -0.25) is 4.68 Å². The average molecular weight is 351 g/mol. The van der Waals surface area contributed by atoms with Crippen LogP contribution in [0.5, 0.6) is 0 Å². The molecule has 3 aromatic carbocycles. The molecule has 0 fully saturated rings. The number of hydrogen-bond acceptors (Lipinski definition) is 4. The second kappa shape index (κ2) is 5.98. The van der Waals surface area contributed by atoms with E-state index in [2.05, 4.69) is 5.10 Å². The molecule has 0 aliphatic rings. The van der Waals surface area contributed by atoms with E-state index >= 15 is 0 Å². The maximum absolute atomic E-state index is 13.4. The predicted molar refractivity (Wildman–Crippen MR) is 98.2 cm³/mol. The first-order valence-corrected chi connectivity index (χ1v) is 9.50. The third kappa shape index (κ3) is 2.50. The van der Waals surface area contributed by atoms with Crippen molar-refractivity contribution in [3.63, 3.8) is 0 Å². The van der Waals surface area contributed by atoms with Crippen LogP contribution < -0.4 is 5.73 Å². The minimum atomic E-state index is -3.76. The maximum atomic E-state index is 13.4. The molecule has 5 nitrogen and oxygen atoms in total. The lowest BCUT2D eigenvalue weighted by molar-refractivity contribution is 0.581. The molecule has 0 spiro atoms. The molecule has 25 heavy (non-hydrogen) atoms. The van der Waals surface area contributed by atoms with Gasteiger partial charge in [-0.15, -0.1) is 0 Å². The smallest absolute Gasteiger partial charge is 0.226 e. The first-order valence-electron chi connectivity index (χ1n) is 8.01. The number of rotatable bonds is 4. The molecule has 0 radical (unpaired) electrons. The number of fused-ring (bicyclic) bond motifs is 2. The Bertz CT molecular complexity index is 1170. The third-order valence-electron chi connectivity index (χ3n) is 4.26. The monoisotopic (exact) mass is 351 g/mol. The third-order valence-corrected chi connectivity index (χ3v) is 6.00. The van der Waals surface area contributed by atoms with Gasteiger partial charge in [-0.1, -0.05) is 48.5 Å². The molecule has 1 aromatic heterocycles. The summed E-state index contributed by atoms with van der Waals surface area (Å²) in [6.45, 7) is 0.852. The number of nitrogens with two attached hydrogens (primary N) is 1. The van der Waals surface area contributed by atoms with Crippen LogP contribution in [-0.2, 0) is 16.4 Å². The minimum Gasteiger partial charge on any atom is -0.329 e. The summed E-state index contributed by atoms with van der Waals surface area (Å²) in [6, 6.07) is 20.1. The number of aromatic nitrogens is 2. The Labute approximate surface area is 145 Å². The van der Waals surface area contributed by atoms with Gasteiger partial charge in [0, 0.05) is 17.3 Å². The van der Waals surface area contributed by atoms with E-state index in [1.165, 1.54) is 0 Å². The summed E-state index contributed by atoms with van der Waals surface area (Å²) < 4.78 is 28.4. The summed E-state index contributed by atoms with van der Waals surface area (Å²) in [7, 11) is -3.76. The zero-order chi connectivity index (χ0) is 17.4. The van der Waals surface area contributed by atoms with Gasteiger partial charge < -0.3 is 5.73 Å². The number of benzene rings is 3. The highest BCUT2D eigenvalue weighted by Gasteiger charge is 2.26. The molecule has 0 saturated heterocycles. The van der Waals surface area contributed by atoms with E-state index in [0.29, 0.717) is 23.9 Å². The second-order valence-electron chi connectivity index (χ2n) is 5.81. The highest BCUT2D eigenvalue weighted by atomic mass is 32.2. The Morgan fingerprint density at radius 1 is 0.880 bits per heavy atom. The standard InChI is InChI=1S/C19H17N3O2S/c20-12-13-22-17-10-4-3-9-16(17)19(21-22)25(23,24)18-11-5-7-14-6-1-2-8-15(14)18/h1-11H,12-13,20H2. The molecule has 6 heteroatoms. The Morgan fingerprint density at radius 2 is 1.56 bits per heavy atom. The molecule has 0 bridgehead atoms. The van der Waals surface area contributed by atoms with Crippen molar-refractivity contribution in [1.29, 1.82) is 0 Å². The SMILES string of the molecule is NCCn1nc(S(=O)(=O)c2cccc3ccccc23)c2ccccc21. The second-order valence-corrected chi connectivity index (χ2v) is 7.65. The molecule has 0 atom stereocenters. The van der Waals surface area contributed by atoms with Crippen molar-refractivity contribution in [2.24, 2.45) is 5.73 Å². The van der Waals surface area contributed by atoms with Crippen molar-refractivity contribution < 1.29 is 8.42 Å². The van der Waals surface area contributed by atoms with E-state index in [1.807, 2.05) is 48.5 Å². The minimum absolute atomic E-state index is 0.0768. The van der Waals surface area contributed by atoms with Gasteiger partial charge in [0.15, 0.2) is 5.03 Å². The van der Waals surface area contributed by atoms with Crippen LogP contribution in [0, 0.1) is 0 Å². The van der Waals surface area contributed by atoms with Gasteiger partial charge in [0.1, 0.15) is 0 Å². The molecule has 4 aromatic rings. The number of sulfone groups is 1. The van der Waals surface area contributed by atoms with Crippen molar-refractivity contribution in [2.45, 2.75) is 16.5 Å². The van der Waals surface area contributed by atoms with E-state index in [-0.39, 0.29) is 9.92 Å². The Kier molecular flexibility index (Phi) is 3.78. The topological polar surface area (TPSA) is 78.0 Å². The lowest BCUT2D eigenvalue weighted by Gasteiger charge is -2.06. The van der Waals surface area contributed by atoms with Gasteiger partial charge in [-0.05, 0) is 23.6 Å². The van der Waals surface area contributed by atoms with Crippen molar-refractivity contribution in [2.75, 3.05) is 6.54 Å². The molecular weight excluding hydrogens is 334 g/mol. The zero-order valence-electron chi connectivity index (χ0n) is 13.5. The molecule has 0 unspecified atom stereocenters. The maximum Gasteiger partial charge on any atom is 0.226 e. The molecule has 0 saturated carbocycles. The molecule has 0 amide bonds. The van der Waals surface area contributed by atoms with Gasteiger partial charge in [-0.25, -0.2) is 8.42 Å². The average Bonchev–Trinajstić information content (AvgIpc) is 3.01. The quantitative estimate of drug-likeness (QED) is 0.613.